The summed E-state index contributed by atoms with van der Waals surface area (Å²) in [5.74, 6) is -0.503. The van der Waals surface area contributed by atoms with Crippen molar-refractivity contribution in [3.63, 3.8) is 0 Å². The monoisotopic (exact) mass is 315 g/mol. The number of nitrogens with one attached hydrogen (secondary N) is 1. The van der Waals surface area contributed by atoms with Crippen molar-refractivity contribution in [1.82, 2.24) is 5.32 Å². The molecule has 2 rings (SSSR count). The average molecular weight is 316 g/mol. The minimum Gasteiger partial charge on any atom is -0.343 e. The van der Waals surface area contributed by atoms with Crippen LogP contribution in [0, 0.1) is 0 Å². The number of halogens is 2. The highest BCUT2D eigenvalue weighted by atomic mass is 35.5. The van der Waals surface area contributed by atoms with E-state index in [1.807, 2.05) is 0 Å². The number of nitrogens with two attached hydrogens (primary N) is 1. The summed E-state index contributed by atoms with van der Waals surface area (Å²) in [5.41, 5.74) is 6.14. The smallest absolute Gasteiger partial charge is 0.249 e. The summed E-state index contributed by atoms with van der Waals surface area (Å²) in [6.07, 6.45) is 0.539. The minimum absolute atomic E-state index is 0.169. The van der Waals surface area contributed by atoms with Gasteiger partial charge in [0.15, 0.2) is 0 Å². The van der Waals surface area contributed by atoms with Gasteiger partial charge in [0.2, 0.25) is 11.8 Å². The Balaban J connectivity index is 2.11. The average Bonchev–Trinajstić information content (AvgIpc) is 2.74. The Morgan fingerprint density at radius 1 is 1.45 bits per heavy atom. The van der Waals surface area contributed by atoms with Crippen LogP contribution in [0.1, 0.15) is 13.3 Å². The topological polar surface area (TPSA) is 75.4 Å². The molecule has 0 aromatic heterocycles. The van der Waals surface area contributed by atoms with Crippen molar-refractivity contribution in [1.29, 1.82) is 0 Å². The fourth-order valence-corrected chi connectivity index (χ4v) is 2.32. The van der Waals surface area contributed by atoms with E-state index in [4.69, 9.17) is 28.9 Å². The second kappa shape index (κ2) is 5.99. The summed E-state index contributed by atoms with van der Waals surface area (Å²) in [6, 6.07) is 3.82. The van der Waals surface area contributed by atoms with E-state index in [1.54, 1.807) is 30.0 Å². The van der Waals surface area contributed by atoms with Crippen molar-refractivity contribution in [2.75, 3.05) is 11.4 Å². The van der Waals surface area contributed by atoms with Gasteiger partial charge in [-0.05, 0) is 31.5 Å². The number of amides is 2. The summed E-state index contributed by atoms with van der Waals surface area (Å²) < 4.78 is 0. The van der Waals surface area contributed by atoms with Gasteiger partial charge >= 0.3 is 0 Å². The summed E-state index contributed by atoms with van der Waals surface area (Å²) in [6.45, 7) is 2.09. The third kappa shape index (κ3) is 3.06. The zero-order chi connectivity index (χ0) is 14.9. The van der Waals surface area contributed by atoms with Crippen LogP contribution in [-0.4, -0.2) is 30.4 Å². The van der Waals surface area contributed by atoms with Crippen molar-refractivity contribution in [3.05, 3.63) is 28.2 Å². The van der Waals surface area contributed by atoms with Crippen LogP contribution >= 0.6 is 23.2 Å². The lowest BCUT2D eigenvalue weighted by Gasteiger charge is -2.18. The first kappa shape index (κ1) is 15.1. The van der Waals surface area contributed by atoms with Gasteiger partial charge < -0.3 is 16.0 Å². The quantitative estimate of drug-likeness (QED) is 0.888. The number of carbonyl (C=O) groups excluding carboxylic acids is 2. The number of rotatable bonds is 3. The zero-order valence-electron chi connectivity index (χ0n) is 10.9. The van der Waals surface area contributed by atoms with Crippen molar-refractivity contribution >= 4 is 40.7 Å². The molecular formula is C13H15Cl2N3O2. The molecule has 7 heteroatoms. The number of anilines is 1. The Bertz CT molecular complexity index is 548. The minimum atomic E-state index is -0.637. The van der Waals surface area contributed by atoms with Gasteiger partial charge in [-0.1, -0.05) is 23.2 Å². The highest BCUT2D eigenvalue weighted by Gasteiger charge is 2.34. The van der Waals surface area contributed by atoms with E-state index in [1.165, 1.54) is 0 Å². The molecule has 0 spiro atoms. The predicted molar refractivity (Wildman–Crippen MR) is 79.0 cm³/mol. The normalized spacial score (nSPS) is 20.1. The van der Waals surface area contributed by atoms with Crippen molar-refractivity contribution in [3.8, 4) is 0 Å². The maximum atomic E-state index is 12.3. The van der Waals surface area contributed by atoms with Crippen LogP contribution in [-0.2, 0) is 9.59 Å². The van der Waals surface area contributed by atoms with Crippen LogP contribution in [0.2, 0.25) is 10.0 Å². The lowest BCUT2D eigenvalue weighted by molar-refractivity contribution is -0.127. The second-order valence-corrected chi connectivity index (χ2v) is 5.54. The van der Waals surface area contributed by atoms with E-state index >= 15 is 0 Å². The van der Waals surface area contributed by atoms with Gasteiger partial charge in [-0.3, -0.25) is 9.59 Å². The fourth-order valence-electron chi connectivity index (χ4n) is 2.03. The molecular weight excluding hydrogens is 301 g/mol. The van der Waals surface area contributed by atoms with Crippen LogP contribution in [0.3, 0.4) is 0 Å². The molecule has 1 aliphatic heterocycles. The predicted octanol–water partition coefficient (Wildman–Crippen LogP) is 1.56. The first-order chi connectivity index (χ1) is 9.40. The van der Waals surface area contributed by atoms with Gasteiger partial charge in [0.05, 0.1) is 16.1 Å². The van der Waals surface area contributed by atoms with E-state index in [-0.39, 0.29) is 11.8 Å². The molecule has 5 nitrogen and oxygen atoms in total. The molecule has 0 radical (unpaired) electrons. The number of carbonyl (C=O) groups is 2. The molecule has 1 saturated heterocycles. The van der Waals surface area contributed by atoms with E-state index < -0.39 is 12.1 Å². The van der Waals surface area contributed by atoms with Gasteiger partial charge in [-0.25, -0.2) is 0 Å². The Hall–Kier alpha value is -1.30. The molecule has 0 aliphatic carbocycles. The fraction of sp³-hybridized carbons (Fsp3) is 0.385. The van der Waals surface area contributed by atoms with Crippen LogP contribution in [0.4, 0.5) is 5.69 Å². The summed E-state index contributed by atoms with van der Waals surface area (Å²) in [4.78, 5) is 25.4. The molecule has 2 amide bonds. The van der Waals surface area contributed by atoms with Gasteiger partial charge in [0.1, 0.15) is 6.04 Å². The van der Waals surface area contributed by atoms with Gasteiger partial charge in [0.25, 0.3) is 0 Å². The Kier molecular flexibility index (Phi) is 4.52. The molecule has 0 saturated carbocycles. The van der Waals surface area contributed by atoms with Gasteiger partial charge in [0, 0.05) is 12.2 Å². The number of hydrogen-bond acceptors (Lipinski definition) is 3. The lowest BCUT2D eigenvalue weighted by Crippen LogP contribution is -2.47. The third-order valence-electron chi connectivity index (χ3n) is 3.15. The molecule has 2 atom stereocenters. The highest BCUT2D eigenvalue weighted by molar-refractivity contribution is 6.42. The van der Waals surface area contributed by atoms with Crippen LogP contribution in [0.25, 0.3) is 0 Å². The zero-order valence-corrected chi connectivity index (χ0v) is 12.4. The van der Waals surface area contributed by atoms with Crippen LogP contribution in [0.5, 0.6) is 0 Å². The lowest BCUT2D eigenvalue weighted by atomic mass is 10.2. The second-order valence-electron chi connectivity index (χ2n) is 4.73. The number of hydrogen-bond donors (Lipinski definition) is 2. The van der Waals surface area contributed by atoms with E-state index in [0.29, 0.717) is 28.7 Å². The SMILES string of the molecule is CC(N)C(=O)NC1CCN(c2ccc(Cl)c(Cl)c2)C1=O. The van der Waals surface area contributed by atoms with Crippen LogP contribution in [0.15, 0.2) is 18.2 Å². The molecule has 20 heavy (non-hydrogen) atoms. The van der Waals surface area contributed by atoms with Crippen molar-refractivity contribution < 1.29 is 9.59 Å². The van der Waals surface area contributed by atoms with Gasteiger partial charge in [-0.15, -0.1) is 0 Å². The first-order valence-corrected chi connectivity index (χ1v) is 6.98. The molecule has 1 heterocycles. The number of benzene rings is 1. The molecule has 1 fully saturated rings. The van der Waals surface area contributed by atoms with E-state index in [0.717, 1.165) is 0 Å². The maximum Gasteiger partial charge on any atom is 0.249 e. The van der Waals surface area contributed by atoms with Crippen molar-refractivity contribution in [2.24, 2.45) is 5.73 Å². The molecule has 2 unspecified atom stereocenters. The van der Waals surface area contributed by atoms with E-state index in [9.17, 15) is 9.59 Å². The maximum absolute atomic E-state index is 12.3. The molecule has 0 bridgehead atoms. The van der Waals surface area contributed by atoms with Crippen molar-refractivity contribution in [2.45, 2.75) is 25.4 Å². The van der Waals surface area contributed by atoms with E-state index in [2.05, 4.69) is 5.32 Å². The molecule has 1 aliphatic rings. The molecule has 108 valence electrons. The summed E-state index contributed by atoms with van der Waals surface area (Å²) >= 11 is 11.8. The Morgan fingerprint density at radius 2 is 2.15 bits per heavy atom. The molecule has 3 N–H and O–H groups in total. The summed E-state index contributed by atoms with van der Waals surface area (Å²) in [7, 11) is 0. The summed E-state index contributed by atoms with van der Waals surface area (Å²) in [5, 5.41) is 3.46. The largest absolute Gasteiger partial charge is 0.343 e. The molecule has 1 aromatic rings. The Labute approximate surface area is 127 Å². The number of nitrogens with zero attached hydrogens (tertiary/aromatic N) is 1. The highest BCUT2D eigenvalue weighted by Crippen LogP contribution is 2.29. The molecule has 1 aromatic carbocycles. The Morgan fingerprint density at radius 3 is 2.75 bits per heavy atom. The van der Waals surface area contributed by atoms with Gasteiger partial charge in [-0.2, -0.15) is 0 Å². The van der Waals surface area contributed by atoms with Crippen LogP contribution < -0.4 is 16.0 Å². The first-order valence-electron chi connectivity index (χ1n) is 6.22. The standard InChI is InChI=1S/C13H15Cl2N3O2/c1-7(16)12(19)17-11-4-5-18(13(11)20)8-2-3-9(14)10(15)6-8/h2-3,6-7,11H,4-5,16H2,1H3,(H,17,19). The third-order valence-corrected chi connectivity index (χ3v) is 3.89.